The average molecular weight is 623 g/mol. The predicted octanol–water partition coefficient (Wildman–Crippen LogP) is 13.2. The molecule has 0 aliphatic heterocycles. The summed E-state index contributed by atoms with van der Waals surface area (Å²) in [5.41, 5.74) is 5.01. The van der Waals surface area contributed by atoms with Crippen LogP contribution in [-0.2, 0) is 0 Å². The van der Waals surface area contributed by atoms with Gasteiger partial charge in [-0.1, -0.05) is 151 Å². The summed E-state index contributed by atoms with van der Waals surface area (Å²) in [6.45, 7) is 0. The van der Waals surface area contributed by atoms with Crippen molar-refractivity contribution < 1.29 is 16.8 Å². The number of nitrogens with zero attached hydrogens (tertiary/aromatic N) is 1. The number of benzene rings is 8. The molecule has 8 aromatic carbocycles. The van der Waals surface area contributed by atoms with E-state index in [4.69, 9.17) is 11.3 Å². The van der Waals surface area contributed by atoms with Crippen LogP contribution in [0.2, 0.25) is 0 Å². The normalized spacial score (nSPS) is 14.0. The number of furan rings is 1. The molecule has 0 radical (unpaired) electrons. The number of rotatable bonds is 6. The molecule has 2 nitrogen and oxygen atoms in total. The molecule has 0 amide bonds. The lowest BCUT2D eigenvalue weighted by Gasteiger charge is -2.28. The van der Waals surface area contributed by atoms with Gasteiger partial charge in [0.25, 0.3) is 0 Å². The SMILES string of the molecule is [2H]c1c([2H])c([2H])c(-c2c([2H])c([2H])c(N(c3ccc(-c4ccccc4)cc3)c3ccccc3-c3cccc4c3oc3c5ccccc5ccc43)c([2H])c2[2H])c([2H])c1[2H]. The molecule has 1 aromatic heterocycles. The molecule has 9 rings (SSSR count). The molecule has 226 valence electrons. The van der Waals surface area contributed by atoms with Crippen molar-refractivity contribution in [3.63, 3.8) is 0 Å². The van der Waals surface area contributed by atoms with Gasteiger partial charge in [-0.15, -0.1) is 0 Å². The Labute approximate surface area is 292 Å². The molecule has 0 spiro atoms. The van der Waals surface area contributed by atoms with Crippen molar-refractivity contribution in [2.45, 2.75) is 0 Å². The predicted molar refractivity (Wildman–Crippen MR) is 202 cm³/mol. The molecule has 0 aliphatic carbocycles. The highest BCUT2D eigenvalue weighted by atomic mass is 16.3. The van der Waals surface area contributed by atoms with Crippen molar-refractivity contribution in [2.75, 3.05) is 4.90 Å². The third-order valence-electron chi connectivity index (χ3n) is 8.64. The van der Waals surface area contributed by atoms with E-state index in [2.05, 4.69) is 12.1 Å². The van der Waals surface area contributed by atoms with Gasteiger partial charge in [0, 0.05) is 38.7 Å². The summed E-state index contributed by atoms with van der Waals surface area (Å²) in [4.78, 5) is 1.69. The van der Waals surface area contributed by atoms with Gasteiger partial charge in [0.15, 0.2) is 0 Å². The van der Waals surface area contributed by atoms with E-state index in [0.717, 1.165) is 43.8 Å². The van der Waals surface area contributed by atoms with E-state index in [0.29, 0.717) is 22.5 Å². The highest BCUT2D eigenvalue weighted by Gasteiger charge is 2.21. The molecule has 0 atom stereocenters. The first-order valence-corrected chi connectivity index (χ1v) is 15.6. The van der Waals surface area contributed by atoms with E-state index in [1.165, 1.54) is 0 Å². The Balaban J connectivity index is 1.31. The van der Waals surface area contributed by atoms with Crippen LogP contribution in [0, 0.1) is 0 Å². The average Bonchev–Trinajstić information content (AvgIpc) is 3.64. The van der Waals surface area contributed by atoms with Gasteiger partial charge < -0.3 is 9.32 Å². The molecule has 0 unspecified atom stereocenters. The summed E-state index contributed by atoms with van der Waals surface area (Å²) in [5.74, 6) is 0. The Bertz CT molecular complexity index is 3010. The number of anilines is 3. The lowest BCUT2D eigenvalue weighted by atomic mass is 9.98. The van der Waals surface area contributed by atoms with E-state index in [1.807, 2.05) is 121 Å². The van der Waals surface area contributed by atoms with E-state index in [9.17, 15) is 5.48 Å². The largest absolute Gasteiger partial charge is 0.455 e. The minimum absolute atomic E-state index is 0.0798. The van der Waals surface area contributed by atoms with Crippen molar-refractivity contribution in [1.29, 1.82) is 0 Å². The summed E-state index contributed by atoms with van der Waals surface area (Å²) in [5, 5.41) is 3.90. The molecule has 2 heteroatoms. The molecule has 1 heterocycles. The fourth-order valence-electron chi connectivity index (χ4n) is 6.37. The summed E-state index contributed by atoms with van der Waals surface area (Å²) < 4.78 is 85.9. The third kappa shape index (κ3) is 4.83. The standard InChI is InChI=1S/C46H31NO/c1-3-12-32(13-4-1)34-22-27-37(28-23-34)47(38-29-24-35(25-30-38)33-14-5-2-6-15-33)44-21-10-9-18-40(44)41-19-11-20-42-43-31-26-36-16-7-8-17-39(36)45(43)48-46(41)42/h1-31H/i1D,3D,4D,12D,13D,22D,23D,27D,28D. The molecule has 9 aromatic rings. The van der Waals surface area contributed by atoms with Crippen LogP contribution in [0.15, 0.2) is 192 Å². The summed E-state index contributed by atoms with van der Waals surface area (Å²) >= 11 is 0. The van der Waals surface area contributed by atoms with Gasteiger partial charge in [0.2, 0.25) is 0 Å². The molecule has 0 fully saturated rings. The third-order valence-corrected chi connectivity index (χ3v) is 8.64. The lowest BCUT2D eigenvalue weighted by Crippen LogP contribution is -2.11. The van der Waals surface area contributed by atoms with Crippen LogP contribution in [0.5, 0.6) is 0 Å². The first-order chi connectivity index (χ1) is 27.6. The van der Waals surface area contributed by atoms with Gasteiger partial charge in [-0.05, 0) is 64.0 Å². The smallest absolute Gasteiger partial charge is 0.143 e. The monoisotopic (exact) mass is 622 g/mol. The van der Waals surface area contributed by atoms with E-state index < -0.39 is 59.9 Å². The fraction of sp³-hybridized carbons (Fsp3) is 0. The van der Waals surface area contributed by atoms with Crippen LogP contribution in [0.4, 0.5) is 17.1 Å². The minimum Gasteiger partial charge on any atom is -0.455 e. The molecule has 0 saturated heterocycles. The zero-order chi connectivity index (χ0) is 39.7. The maximum absolute atomic E-state index is 9.47. The summed E-state index contributed by atoms with van der Waals surface area (Å²) in [6, 6.07) is 38.0. The quantitative estimate of drug-likeness (QED) is 0.183. The van der Waals surface area contributed by atoms with Crippen LogP contribution in [0.25, 0.3) is 66.1 Å². The van der Waals surface area contributed by atoms with Gasteiger partial charge in [-0.3, -0.25) is 0 Å². The maximum Gasteiger partial charge on any atom is 0.143 e. The Hall–Kier alpha value is -6.38. The van der Waals surface area contributed by atoms with E-state index >= 15 is 0 Å². The topological polar surface area (TPSA) is 16.4 Å². The Kier molecular flexibility index (Phi) is 4.90. The second-order valence-corrected chi connectivity index (χ2v) is 11.4. The lowest BCUT2D eigenvalue weighted by molar-refractivity contribution is 0.674. The molecule has 0 N–H and O–H groups in total. The summed E-state index contributed by atoms with van der Waals surface area (Å²) in [6.07, 6.45) is 0. The van der Waals surface area contributed by atoms with Gasteiger partial charge in [0.1, 0.15) is 11.2 Å². The van der Waals surface area contributed by atoms with E-state index in [1.54, 1.807) is 4.90 Å². The summed E-state index contributed by atoms with van der Waals surface area (Å²) in [7, 11) is 0. The van der Waals surface area contributed by atoms with Crippen molar-refractivity contribution in [3.05, 3.63) is 188 Å². The Morgan fingerprint density at radius 3 is 1.88 bits per heavy atom. The van der Waals surface area contributed by atoms with Crippen molar-refractivity contribution in [1.82, 2.24) is 0 Å². The molecule has 0 saturated carbocycles. The van der Waals surface area contributed by atoms with Gasteiger partial charge in [-0.2, -0.15) is 0 Å². The second kappa shape index (κ2) is 11.8. The number of hydrogen-bond acceptors (Lipinski definition) is 2. The molecular formula is C46H31NO. The second-order valence-electron chi connectivity index (χ2n) is 11.4. The number of para-hydroxylation sites is 2. The molecular weight excluding hydrogens is 583 g/mol. The van der Waals surface area contributed by atoms with Gasteiger partial charge in [0.05, 0.1) is 18.0 Å². The van der Waals surface area contributed by atoms with Gasteiger partial charge >= 0.3 is 0 Å². The maximum atomic E-state index is 9.47. The highest BCUT2D eigenvalue weighted by Crippen LogP contribution is 2.45. The van der Waals surface area contributed by atoms with Crippen molar-refractivity contribution >= 4 is 49.8 Å². The van der Waals surface area contributed by atoms with Crippen molar-refractivity contribution in [2.24, 2.45) is 0 Å². The van der Waals surface area contributed by atoms with Crippen LogP contribution in [-0.4, -0.2) is 0 Å². The number of hydrogen-bond donors (Lipinski definition) is 0. The first-order valence-electron chi connectivity index (χ1n) is 20.1. The van der Waals surface area contributed by atoms with E-state index in [-0.39, 0.29) is 11.3 Å². The minimum atomic E-state index is -0.631. The van der Waals surface area contributed by atoms with Crippen LogP contribution in [0.3, 0.4) is 0 Å². The highest BCUT2D eigenvalue weighted by molar-refractivity contribution is 6.17. The van der Waals surface area contributed by atoms with Crippen LogP contribution in [0.1, 0.15) is 12.3 Å². The fourth-order valence-corrected chi connectivity index (χ4v) is 6.37. The Morgan fingerprint density at radius 2 is 1.04 bits per heavy atom. The first kappa shape index (κ1) is 20.0. The zero-order valence-electron chi connectivity index (χ0n) is 34.6. The molecule has 0 bridgehead atoms. The van der Waals surface area contributed by atoms with Crippen LogP contribution < -0.4 is 4.90 Å². The van der Waals surface area contributed by atoms with Gasteiger partial charge in [-0.25, -0.2) is 0 Å². The van der Waals surface area contributed by atoms with Crippen LogP contribution >= 0.6 is 0 Å². The Morgan fingerprint density at radius 1 is 0.396 bits per heavy atom. The van der Waals surface area contributed by atoms with Crippen molar-refractivity contribution in [3.8, 4) is 33.4 Å². The molecule has 0 aliphatic rings. The number of fused-ring (bicyclic) bond motifs is 5. The molecule has 48 heavy (non-hydrogen) atoms. The zero-order valence-corrected chi connectivity index (χ0v) is 25.6.